The number of nitrogens with one attached hydrogen (secondary N) is 1. The average molecular weight is 222 g/mol. The second-order valence-electron chi connectivity index (χ2n) is 4.71. The third-order valence-corrected chi connectivity index (χ3v) is 3.30. The van der Waals surface area contributed by atoms with Gasteiger partial charge in [-0.25, -0.2) is 0 Å². The number of furan rings is 1. The molecule has 88 valence electrons. The minimum atomic E-state index is -0.0610. The third kappa shape index (κ3) is 2.11. The van der Waals surface area contributed by atoms with E-state index in [4.69, 9.17) is 10.2 Å². The lowest BCUT2D eigenvalue weighted by Gasteiger charge is -2.12. The molecule has 1 aromatic heterocycles. The van der Waals surface area contributed by atoms with E-state index in [-0.39, 0.29) is 11.3 Å². The number of nitrogens with two attached hydrogens (primary N) is 1. The van der Waals surface area contributed by atoms with Gasteiger partial charge in [0.05, 0.1) is 5.56 Å². The maximum absolute atomic E-state index is 11.9. The summed E-state index contributed by atoms with van der Waals surface area (Å²) < 4.78 is 5.32. The topological polar surface area (TPSA) is 68.3 Å². The molecule has 0 aliphatic heterocycles. The normalized spacial score (nSPS) is 17.2. The zero-order chi connectivity index (χ0) is 11.8. The van der Waals surface area contributed by atoms with E-state index in [0.29, 0.717) is 24.4 Å². The van der Waals surface area contributed by atoms with E-state index >= 15 is 0 Å². The van der Waals surface area contributed by atoms with Crippen molar-refractivity contribution in [2.45, 2.75) is 26.7 Å². The summed E-state index contributed by atoms with van der Waals surface area (Å²) in [7, 11) is 0. The Labute approximate surface area is 95.2 Å². The van der Waals surface area contributed by atoms with Gasteiger partial charge in [-0.2, -0.15) is 0 Å². The van der Waals surface area contributed by atoms with Crippen molar-refractivity contribution < 1.29 is 9.21 Å². The Morgan fingerprint density at radius 3 is 2.69 bits per heavy atom. The van der Waals surface area contributed by atoms with Gasteiger partial charge in [0.15, 0.2) is 0 Å². The molecule has 1 saturated carbocycles. The number of aryl methyl sites for hydroxylation is 2. The van der Waals surface area contributed by atoms with E-state index in [1.165, 1.54) is 0 Å². The van der Waals surface area contributed by atoms with Crippen molar-refractivity contribution in [3.05, 3.63) is 23.2 Å². The van der Waals surface area contributed by atoms with Gasteiger partial charge in [0, 0.05) is 12.0 Å². The highest BCUT2D eigenvalue weighted by Gasteiger charge is 2.41. The van der Waals surface area contributed by atoms with Gasteiger partial charge in [-0.3, -0.25) is 4.79 Å². The molecule has 0 unspecified atom stereocenters. The molecule has 1 aromatic rings. The number of amides is 1. The van der Waals surface area contributed by atoms with Crippen LogP contribution < -0.4 is 11.1 Å². The quantitative estimate of drug-likeness (QED) is 0.808. The number of carbonyl (C=O) groups is 1. The molecule has 0 spiro atoms. The van der Waals surface area contributed by atoms with Crippen molar-refractivity contribution in [3.8, 4) is 0 Å². The maximum atomic E-state index is 11.9. The molecule has 16 heavy (non-hydrogen) atoms. The van der Waals surface area contributed by atoms with Crippen molar-refractivity contribution in [1.29, 1.82) is 0 Å². The first kappa shape index (κ1) is 11.2. The van der Waals surface area contributed by atoms with E-state index in [1.54, 1.807) is 13.0 Å². The summed E-state index contributed by atoms with van der Waals surface area (Å²) in [6, 6.07) is 1.77. The lowest BCUT2D eigenvalue weighted by molar-refractivity contribution is 0.0944. The van der Waals surface area contributed by atoms with Gasteiger partial charge >= 0.3 is 0 Å². The van der Waals surface area contributed by atoms with Crippen molar-refractivity contribution >= 4 is 5.91 Å². The third-order valence-electron chi connectivity index (χ3n) is 3.30. The van der Waals surface area contributed by atoms with Gasteiger partial charge in [0.25, 0.3) is 5.91 Å². The first-order valence-electron chi connectivity index (χ1n) is 5.62. The van der Waals surface area contributed by atoms with Crippen LogP contribution in [0.2, 0.25) is 0 Å². The summed E-state index contributed by atoms with van der Waals surface area (Å²) in [5, 5.41) is 2.93. The van der Waals surface area contributed by atoms with E-state index in [2.05, 4.69) is 5.32 Å². The molecule has 3 N–H and O–H groups in total. The summed E-state index contributed by atoms with van der Waals surface area (Å²) in [5.41, 5.74) is 6.46. The number of rotatable bonds is 4. The minimum absolute atomic E-state index is 0.0610. The largest absolute Gasteiger partial charge is 0.466 e. The fourth-order valence-corrected chi connectivity index (χ4v) is 1.85. The molecule has 0 bridgehead atoms. The monoisotopic (exact) mass is 222 g/mol. The standard InChI is InChI=1S/C12H18N2O2/c1-8-5-10(9(2)16-8)11(15)14-7-12(6-13)3-4-12/h5H,3-4,6-7,13H2,1-2H3,(H,14,15). The predicted molar refractivity (Wildman–Crippen MR) is 61.2 cm³/mol. The molecule has 0 radical (unpaired) electrons. The molecule has 2 rings (SSSR count). The van der Waals surface area contributed by atoms with Gasteiger partial charge < -0.3 is 15.5 Å². The Balaban J connectivity index is 1.96. The Bertz CT molecular complexity index is 405. The van der Waals surface area contributed by atoms with Crippen LogP contribution in [0.1, 0.15) is 34.7 Å². The Morgan fingerprint density at radius 2 is 2.25 bits per heavy atom. The lowest BCUT2D eigenvalue weighted by Crippen LogP contribution is -2.33. The van der Waals surface area contributed by atoms with Crippen LogP contribution >= 0.6 is 0 Å². The fraction of sp³-hybridized carbons (Fsp3) is 0.583. The molecule has 1 aliphatic rings. The van der Waals surface area contributed by atoms with Gasteiger partial charge in [0.2, 0.25) is 0 Å². The highest BCUT2D eigenvalue weighted by Crippen LogP contribution is 2.43. The highest BCUT2D eigenvalue weighted by atomic mass is 16.3. The zero-order valence-corrected chi connectivity index (χ0v) is 9.80. The predicted octanol–water partition coefficient (Wildman–Crippen LogP) is 1.37. The zero-order valence-electron chi connectivity index (χ0n) is 9.80. The van der Waals surface area contributed by atoms with E-state index < -0.39 is 0 Å². The SMILES string of the molecule is Cc1cc(C(=O)NCC2(CN)CC2)c(C)o1. The minimum Gasteiger partial charge on any atom is -0.466 e. The Hall–Kier alpha value is -1.29. The Kier molecular flexibility index (Phi) is 2.76. The maximum Gasteiger partial charge on any atom is 0.254 e. The van der Waals surface area contributed by atoms with Crippen molar-refractivity contribution in [3.63, 3.8) is 0 Å². The van der Waals surface area contributed by atoms with Crippen LogP contribution in [0.25, 0.3) is 0 Å². The molecule has 1 fully saturated rings. The molecule has 1 aliphatic carbocycles. The average Bonchev–Trinajstić information content (AvgIpc) is 2.96. The molecule has 4 heteroatoms. The van der Waals surface area contributed by atoms with Crippen LogP contribution in [-0.4, -0.2) is 19.0 Å². The van der Waals surface area contributed by atoms with Gasteiger partial charge in [-0.1, -0.05) is 0 Å². The van der Waals surface area contributed by atoms with Gasteiger partial charge in [-0.15, -0.1) is 0 Å². The Morgan fingerprint density at radius 1 is 1.56 bits per heavy atom. The molecular formula is C12H18N2O2. The van der Waals surface area contributed by atoms with Crippen molar-refractivity contribution in [1.82, 2.24) is 5.32 Å². The molecular weight excluding hydrogens is 204 g/mol. The molecule has 1 amide bonds. The first-order chi connectivity index (χ1) is 7.56. The smallest absolute Gasteiger partial charge is 0.254 e. The van der Waals surface area contributed by atoms with Crippen LogP contribution in [0.4, 0.5) is 0 Å². The molecule has 0 aromatic carbocycles. The fourth-order valence-electron chi connectivity index (χ4n) is 1.85. The van der Waals surface area contributed by atoms with Crippen LogP contribution in [0.3, 0.4) is 0 Å². The van der Waals surface area contributed by atoms with E-state index in [0.717, 1.165) is 18.6 Å². The van der Waals surface area contributed by atoms with Crippen LogP contribution in [0.15, 0.2) is 10.5 Å². The summed E-state index contributed by atoms with van der Waals surface area (Å²) >= 11 is 0. The van der Waals surface area contributed by atoms with E-state index in [1.807, 2.05) is 6.92 Å². The molecule has 4 nitrogen and oxygen atoms in total. The molecule has 1 heterocycles. The molecule has 0 atom stereocenters. The second-order valence-corrected chi connectivity index (χ2v) is 4.71. The summed E-state index contributed by atoms with van der Waals surface area (Å²) in [6.45, 7) is 4.96. The molecule has 0 saturated heterocycles. The van der Waals surface area contributed by atoms with E-state index in [9.17, 15) is 4.79 Å². The van der Waals surface area contributed by atoms with Crippen molar-refractivity contribution in [2.24, 2.45) is 11.1 Å². The summed E-state index contributed by atoms with van der Waals surface area (Å²) in [4.78, 5) is 11.9. The number of hydrogen-bond donors (Lipinski definition) is 2. The number of carbonyl (C=O) groups excluding carboxylic acids is 1. The van der Waals surface area contributed by atoms with Crippen LogP contribution in [-0.2, 0) is 0 Å². The first-order valence-corrected chi connectivity index (χ1v) is 5.62. The summed E-state index contributed by atoms with van der Waals surface area (Å²) in [5.74, 6) is 1.38. The van der Waals surface area contributed by atoms with Crippen molar-refractivity contribution in [2.75, 3.05) is 13.1 Å². The van der Waals surface area contributed by atoms with Gasteiger partial charge in [-0.05, 0) is 39.3 Å². The summed E-state index contributed by atoms with van der Waals surface area (Å²) in [6.07, 6.45) is 2.24. The lowest BCUT2D eigenvalue weighted by atomic mass is 10.1. The van der Waals surface area contributed by atoms with Crippen LogP contribution in [0.5, 0.6) is 0 Å². The van der Waals surface area contributed by atoms with Crippen LogP contribution in [0, 0.1) is 19.3 Å². The number of hydrogen-bond acceptors (Lipinski definition) is 3. The highest BCUT2D eigenvalue weighted by molar-refractivity contribution is 5.95. The second kappa shape index (κ2) is 3.94. The van der Waals surface area contributed by atoms with Gasteiger partial charge in [0.1, 0.15) is 11.5 Å².